The lowest BCUT2D eigenvalue weighted by Crippen LogP contribution is -2.33. The second-order valence-corrected chi connectivity index (χ2v) is 9.17. The van der Waals surface area contributed by atoms with Crippen LogP contribution in [-0.4, -0.2) is 58.8 Å². The molecule has 3 aromatic rings. The second-order valence-electron chi connectivity index (χ2n) is 8.11. The van der Waals surface area contributed by atoms with Crippen LogP contribution in [0.3, 0.4) is 0 Å². The van der Waals surface area contributed by atoms with Crippen molar-refractivity contribution in [2.24, 2.45) is 0 Å². The molecule has 2 heterocycles. The quantitative estimate of drug-likeness (QED) is 0.474. The Morgan fingerprint density at radius 1 is 1.27 bits per heavy atom. The fourth-order valence-electron chi connectivity index (χ4n) is 3.26. The van der Waals surface area contributed by atoms with Gasteiger partial charge in [-0.25, -0.2) is 14.5 Å². The van der Waals surface area contributed by atoms with Crippen LogP contribution in [0.15, 0.2) is 42.9 Å². The lowest BCUT2D eigenvalue weighted by Gasteiger charge is -2.16. The molecular formula is C23H28N6O3S. The van der Waals surface area contributed by atoms with Crippen molar-refractivity contribution in [3.8, 4) is 5.69 Å². The average Bonchev–Trinajstić information content (AvgIpc) is 3.39. The van der Waals surface area contributed by atoms with Gasteiger partial charge in [0.15, 0.2) is 5.13 Å². The number of nitrogens with zero attached hydrogens (tertiary/aromatic N) is 4. The summed E-state index contributed by atoms with van der Waals surface area (Å²) in [4.78, 5) is 31.6. The SMILES string of the molecule is CNCCN(C)C(=O)OCc1cccc(-n2cc(CC(=O)Nc3ncc(C4CC4)s3)cn2)c1. The summed E-state index contributed by atoms with van der Waals surface area (Å²) < 4.78 is 7.09. The Kier molecular flexibility index (Phi) is 7.36. The molecule has 0 bridgehead atoms. The third-order valence-electron chi connectivity index (χ3n) is 5.30. The molecule has 1 aliphatic rings. The highest BCUT2D eigenvalue weighted by Crippen LogP contribution is 2.43. The molecule has 2 amide bonds. The maximum Gasteiger partial charge on any atom is 0.409 e. The van der Waals surface area contributed by atoms with Gasteiger partial charge in [0.25, 0.3) is 0 Å². The van der Waals surface area contributed by atoms with E-state index in [0.717, 1.165) is 16.8 Å². The summed E-state index contributed by atoms with van der Waals surface area (Å²) >= 11 is 1.55. The summed E-state index contributed by atoms with van der Waals surface area (Å²) in [5.74, 6) is 0.513. The molecule has 33 heavy (non-hydrogen) atoms. The number of rotatable bonds is 10. The van der Waals surface area contributed by atoms with Gasteiger partial charge in [0.05, 0.1) is 18.3 Å². The smallest absolute Gasteiger partial charge is 0.409 e. The molecule has 1 saturated carbocycles. The third kappa shape index (κ3) is 6.39. The lowest BCUT2D eigenvalue weighted by atomic mass is 10.2. The number of aromatic nitrogens is 3. The number of anilines is 1. The summed E-state index contributed by atoms with van der Waals surface area (Å²) in [6.45, 7) is 1.44. The van der Waals surface area contributed by atoms with E-state index in [9.17, 15) is 9.59 Å². The highest BCUT2D eigenvalue weighted by molar-refractivity contribution is 7.15. The Labute approximate surface area is 196 Å². The Morgan fingerprint density at radius 3 is 2.91 bits per heavy atom. The fourth-order valence-corrected chi connectivity index (χ4v) is 4.26. The van der Waals surface area contributed by atoms with Crippen LogP contribution in [0.2, 0.25) is 0 Å². The van der Waals surface area contributed by atoms with Crippen molar-refractivity contribution in [1.29, 1.82) is 0 Å². The first kappa shape index (κ1) is 22.9. The molecule has 1 fully saturated rings. The number of carbonyl (C=O) groups excluding carboxylic acids is 2. The highest BCUT2D eigenvalue weighted by Gasteiger charge is 2.26. The van der Waals surface area contributed by atoms with Crippen LogP contribution < -0.4 is 10.6 Å². The van der Waals surface area contributed by atoms with Gasteiger partial charge in [-0.3, -0.25) is 4.79 Å². The zero-order valence-electron chi connectivity index (χ0n) is 18.8. The van der Waals surface area contributed by atoms with Crippen LogP contribution in [0.1, 0.15) is 34.8 Å². The number of thiazole rings is 1. The summed E-state index contributed by atoms with van der Waals surface area (Å²) in [5.41, 5.74) is 2.48. The first-order chi connectivity index (χ1) is 16.0. The Hall–Kier alpha value is -3.24. The van der Waals surface area contributed by atoms with E-state index >= 15 is 0 Å². The van der Waals surface area contributed by atoms with Gasteiger partial charge < -0.3 is 20.3 Å². The fraction of sp³-hybridized carbons (Fsp3) is 0.391. The molecule has 0 unspecified atom stereocenters. The van der Waals surface area contributed by atoms with Crippen molar-refractivity contribution >= 4 is 28.5 Å². The van der Waals surface area contributed by atoms with E-state index in [-0.39, 0.29) is 25.0 Å². The van der Waals surface area contributed by atoms with Gasteiger partial charge >= 0.3 is 6.09 Å². The van der Waals surface area contributed by atoms with E-state index in [1.165, 1.54) is 22.6 Å². The number of benzene rings is 1. The number of ether oxygens (including phenoxy) is 1. The minimum absolute atomic E-state index is 0.116. The van der Waals surface area contributed by atoms with Crippen LogP contribution in [0.4, 0.5) is 9.93 Å². The Balaban J connectivity index is 1.31. The van der Waals surface area contributed by atoms with Crippen molar-refractivity contribution < 1.29 is 14.3 Å². The topological polar surface area (TPSA) is 101 Å². The lowest BCUT2D eigenvalue weighted by molar-refractivity contribution is -0.115. The molecule has 1 aliphatic carbocycles. The van der Waals surface area contributed by atoms with Crippen molar-refractivity contribution in [3.63, 3.8) is 0 Å². The highest BCUT2D eigenvalue weighted by atomic mass is 32.1. The third-order valence-corrected chi connectivity index (χ3v) is 6.37. The predicted molar refractivity (Wildman–Crippen MR) is 127 cm³/mol. The minimum Gasteiger partial charge on any atom is -0.445 e. The molecule has 10 heteroatoms. The molecule has 2 aromatic heterocycles. The van der Waals surface area contributed by atoms with Gasteiger partial charge in [-0.05, 0) is 49.1 Å². The van der Waals surface area contributed by atoms with E-state index in [0.29, 0.717) is 24.1 Å². The van der Waals surface area contributed by atoms with Gasteiger partial charge in [-0.1, -0.05) is 12.1 Å². The van der Waals surface area contributed by atoms with Gasteiger partial charge in [0.1, 0.15) is 6.61 Å². The van der Waals surface area contributed by atoms with E-state index in [2.05, 4.69) is 20.7 Å². The molecule has 0 spiro atoms. The summed E-state index contributed by atoms with van der Waals surface area (Å²) in [5, 5.41) is 10.9. The van der Waals surface area contributed by atoms with Gasteiger partial charge in [-0.2, -0.15) is 5.10 Å². The van der Waals surface area contributed by atoms with Gasteiger partial charge in [0, 0.05) is 37.4 Å². The number of amides is 2. The molecule has 2 N–H and O–H groups in total. The maximum absolute atomic E-state index is 12.4. The largest absolute Gasteiger partial charge is 0.445 e. The van der Waals surface area contributed by atoms with E-state index in [4.69, 9.17) is 4.74 Å². The zero-order valence-corrected chi connectivity index (χ0v) is 19.6. The molecule has 9 nitrogen and oxygen atoms in total. The summed E-state index contributed by atoms with van der Waals surface area (Å²) in [6, 6.07) is 7.60. The number of hydrogen-bond donors (Lipinski definition) is 2. The average molecular weight is 469 g/mol. The number of hydrogen-bond acceptors (Lipinski definition) is 7. The summed E-state index contributed by atoms with van der Waals surface area (Å²) in [7, 11) is 3.54. The molecule has 0 atom stereocenters. The number of likely N-dealkylation sites (N-methyl/N-ethyl adjacent to an activating group) is 2. The minimum atomic E-state index is -0.368. The predicted octanol–water partition coefficient (Wildman–Crippen LogP) is 3.18. The van der Waals surface area contributed by atoms with E-state index in [1.54, 1.807) is 29.3 Å². The van der Waals surface area contributed by atoms with Crippen molar-refractivity contribution in [3.05, 3.63) is 58.9 Å². The van der Waals surface area contributed by atoms with Crippen molar-refractivity contribution in [2.45, 2.75) is 31.8 Å². The summed E-state index contributed by atoms with van der Waals surface area (Å²) in [6.07, 6.45) is 7.65. The van der Waals surface area contributed by atoms with Crippen LogP contribution >= 0.6 is 11.3 Å². The Morgan fingerprint density at radius 2 is 2.12 bits per heavy atom. The number of carbonyl (C=O) groups is 2. The molecule has 174 valence electrons. The van der Waals surface area contributed by atoms with E-state index in [1.807, 2.05) is 43.7 Å². The molecule has 0 aliphatic heterocycles. The standard InChI is InChI=1S/C23H28N6O3S/c1-24-8-9-28(2)23(31)32-15-16-4-3-5-19(10-16)29-14-17(12-26-29)11-21(30)27-22-25-13-20(33-22)18-6-7-18/h3-5,10,12-14,18,24H,6-9,11,15H2,1-2H3,(H,25,27,30). The normalized spacial score (nSPS) is 13.0. The molecule has 1 aromatic carbocycles. The first-order valence-corrected chi connectivity index (χ1v) is 11.7. The monoisotopic (exact) mass is 468 g/mol. The van der Waals surface area contributed by atoms with Crippen LogP contribution in [0.25, 0.3) is 5.69 Å². The molecule has 0 radical (unpaired) electrons. The van der Waals surface area contributed by atoms with Crippen molar-refractivity contribution in [2.75, 3.05) is 32.5 Å². The maximum atomic E-state index is 12.4. The van der Waals surface area contributed by atoms with Crippen LogP contribution in [0.5, 0.6) is 0 Å². The van der Waals surface area contributed by atoms with Crippen LogP contribution in [-0.2, 0) is 22.6 Å². The van der Waals surface area contributed by atoms with Crippen molar-refractivity contribution in [1.82, 2.24) is 25.0 Å². The molecular weight excluding hydrogens is 440 g/mol. The van der Waals surface area contributed by atoms with Gasteiger partial charge in [0.2, 0.25) is 5.91 Å². The first-order valence-electron chi connectivity index (χ1n) is 10.9. The number of nitrogens with one attached hydrogen (secondary N) is 2. The van der Waals surface area contributed by atoms with Gasteiger partial charge in [-0.15, -0.1) is 11.3 Å². The molecule has 0 saturated heterocycles. The zero-order chi connectivity index (χ0) is 23.2. The second kappa shape index (κ2) is 10.6. The van der Waals surface area contributed by atoms with E-state index < -0.39 is 0 Å². The molecule has 4 rings (SSSR count). The van der Waals surface area contributed by atoms with Crippen LogP contribution in [0, 0.1) is 0 Å². The Bertz CT molecular complexity index is 1110.